The Bertz CT molecular complexity index is 1260. The van der Waals surface area contributed by atoms with Crippen LogP contribution in [0.5, 0.6) is 0 Å². The van der Waals surface area contributed by atoms with E-state index in [9.17, 15) is 19.2 Å². The minimum atomic E-state index is -2.16. The molecule has 3 aromatic rings. The van der Waals surface area contributed by atoms with Crippen molar-refractivity contribution < 1.29 is 19.1 Å². The molecule has 2 aromatic carbocycles. The summed E-state index contributed by atoms with van der Waals surface area (Å²) in [4.78, 5) is 52.7. The highest BCUT2D eigenvalue weighted by molar-refractivity contribution is 6.30. The second-order valence-electron chi connectivity index (χ2n) is 7.01. The molecule has 0 spiro atoms. The van der Waals surface area contributed by atoms with E-state index in [0.717, 1.165) is 28.2 Å². The van der Waals surface area contributed by atoms with Crippen LogP contribution in [-0.4, -0.2) is 40.1 Å². The van der Waals surface area contributed by atoms with E-state index in [4.69, 9.17) is 21.1 Å². The second kappa shape index (κ2) is 7.59. The fourth-order valence-corrected chi connectivity index (χ4v) is 4.16. The molecule has 0 aliphatic carbocycles. The number of carbonyl (C=O) groups excluding carboxylic acids is 2. The van der Waals surface area contributed by atoms with E-state index in [1.54, 1.807) is 54.6 Å². The topological polar surface area (TPSA) is 102 Å². The Kier molecular flexibility index (Phi) is 5.06. The van der Waals surface area contributed by atoms with Gasteiger partial charge in [-0.15, -0.1) is 0 Å². The zero-order chi connectivity index (χ0) is 22.3. The molecule has 1 unspecified atom stereocenters. The molecular weight excluding hydrogens is 426 g/mol. The third-order valence-electron chi connectivity index (χ3n) is 5.44. The van der Waals surface area contributed by atoms with Crippen molar-refractivity contribution in [2.45, 2.75) is 18.0 Å². The standard InChI is InChI=1S/C21H18ClN3O6/c1-30-17(26)21(18(27)31-2)12-16(13-8-10-14(22)11-9-13)24-19(28)23(20(29)25(21)24)15-6-4-3-5-7-15/h3-11,16H,12H2,1-2H3. The van der Waals surface area contributed by atoms with E-state index in [1.165, 1.54) is 0 Å². The lowest BCUT2D eigenvalue weighted by molar-refractivity contribution is -0.167. The van der Waals surface area contributed by atoms with Crippen LogP contribution in [-0.2, 0) is 24.6 Å². The average molecular weight is 444 g/mol. The first-order chi connectivity index (χ1) is 14.9. The molecule has 1 aliphatic rings. The van der Waals surface area contributed by atoms with Gasteiger partial charge in [0.1, 0.15) is 0 Å². The quantitative estimate of drug-likeness (QED) is 0.447. The number of hydrogen-bond donors (Lipinski definition) is 0. The fourth-order valence-electron chi connectivity index (χ4n) is 4.03. The number of halogens is 1. The Morgan fingerprint density at radius 2 is 1.52 bits per heavy atom. The monoisotopic (exact) mass is 443 g/mol. The predicted molar refractivity (Wildman–Crippen MR) is 111 cm³/mol. The van der Waals surface area contributed by atoms with Crippen molar-refractivity contribution in [1.29, 1.82) is 0 Å². The van der Waals surface area contributed by atoms with Crippen molar-refractivity contribution in [3.8, 4) is 5.69 Å². The number of ether oxygens (including phenoxy) is 2. The van der Waals surface area contributed by atoms with Gasteiger partial charge >= 0.3 is 23.3 Å². The van der Waals surface area contributed by atoms with E-state index < -0.39 is 34.9 Å². The molecule has 0 radical (unpaired) electrons. The second-order valence-corrected chi connectivity index (χ2v) is 7.44. The number of esters is 2. The molecule has 10 heteroatoms. The van der Waals surface area contributed by atoms with Crippen molar-refractivity contribution in [2.24, 2.45) is 0 Å². The Labute approximate surface area is 181 Å². The van der Waals surface area contributed by atoms with Crippen LogP contribution < -0.4 is 11.4 Å². The molecule has 4 rings (SSSR count). The number of methoxy groups -OCH3 is 2. The number of rotatable bonds is 4. The van der Waals surface area contributed by atoms with Gasteiger partial charge in [0, 0.05) is 11.4 Å². The maximum atomic E-state index is 13.4. The van der Waals surface area contributed by atoms with Crippen molar-refractivity contribution in [2.75, 3.05) is 14.2 Å². The highest BCUT2D eigenvalue weighted by Crippen LogP contribution is 2.39. The highest BCUT2D eigenvalue weighted by Gasteiger charge is 2.60. The molecule has 0 amide bonds. The minimum absolute atomic E-state index is 0.228. The van der Waals surface area contributed by atoms with Crippen LogP contribution in [0, 0.1) is 0 Å². The number of fused-ring (bicyclic) bond motifs is 1. The third-order valence-corrected chi connectivity index (χ3v) is 5.69. The summed E-state index contributed by atoms with van der Waals surface area (Å²) in [6.07, 6.45) is -0.228. The molecule has 0 bridgehead atoms. The van der Waals surface area contributed by atoms with Gasteiger partial charge in [-0.2, -0.15) is 0 Å². The number of benzene rings is 2. The van der Waals surface area contributed by atoms with Crippen molar-refractivity contribution in [3.63, 3.8) is 0 Å². The highest BCUT2D eigenvalue weighted by atomic mass is 35.5. The van der Waals surface area contributed by atoms with Crippen LogP contribution in [0.3, 0.4) is 0 Å². The molecule has 0 saturated carbocycles. The third kappa shape index (κ3) is 2.92. The number of carbonyl (C=O) groups is 2. The van der Waals surface area contributed by atoms with Gasteiger partial charge in [0.25, 0.3) is 5.54 Å². The van der Waals surface area contributed by atoms with Gasteiger partial charge in [-0.1, -0.05) is 41.9 Å². The van der Waals surface area contributed by atoms with E-state index in [0.29, 0.717) is 16.3 Å². The van der Waals surface area contributed by atoms with Crippen LogP contribution in [0.2, 0.25) is 5.02 Å². The molecule has 0 N–H and O–H groups in total. The molecule has 1 atom stereocenters. The number of nitrogens with zero attached hydrogens (tertiary/aromatic N) is 3. The lowest BCUT2D eigenvalue weighted by atomic mass is 9.90. The van der Waals surface area contributed by atoms with Crippen LogP contribution in [0.1, 0.15) is 18.0 Å². The Hall–Kier alpha value is -3.59. The normalized spacial score (nSPS) is 16.5. The molecular formula is C21H18ClN3O6. The smallest absolute Gasteiger partial charge is 0.353 e. The van der Waals surface area contributed by atoms with Gasteiger partial charge in [-0.3, -0.25) is 0 Å². The summed E-state index contributed by atoms with van der Waals surface area (Å²) in [5.74, 6) is -2.01. The molecule has 1 aromatic heterocycles. The summed E-state index contributed by atoms with van der Waals surface area (Å²) in [6, 6.07) is 14.0. The average Bonchev–Trinajstić information content (AvgIpc) is 3.28. The Balaban J connectivity index is 2.08. The van der Waals surface area contributed by atoms with Gasteiger partial charge in [0.05, 0.1) is 25.9 Å². The Morgan fingerprint density at radius 1 is 0.935 bits per heavy atom. The van der Waals surface area contributed by atoms with E-state index in [1.807, 2.05) is 0 Å². The molecule has 1 aliphatic heterocycles. The van der Waals surface area contributed by atoms with Crippen LogP contribution in [0.25, 0.3) is 5.69 Å². The van der Waals surface area contributed by atoms with Crippen LogP contribution >= 0.6 is 11.6 Å². The largest absolute Gasteiger partial charge is 0.467 e. The summed E-state index contributed by atoms with van der Waals surface area (Å²) in [6.45, 7) is 0. The molecule has 9 nitrogen and oxygen atoms in total. The van der Waals surface area contributed by atoms with Gasteiger partial charge in [0.15, 0.2) is 0 Å². The van der Waals surface area contributed by atoms with E-state index in [2.05, 4.69) is 0 Å². The maximum absolute atomic E-state index is 13.4. The first-order valence-electron chi connectivity index (χ1n) is 9.31. The predicted octanol–water partition coefficient (Wildman–Crippen LogP) is 1.49. The van der Waals surface area contributed by atoms with Crippen molar-refractivity contribution in [3.05, 3.63) is 86.2 Å². The van der Waals surface area contributed by atoms with Gasteiger partial charge in [-0.05, 0) is 29.8 Å². The van der Waals surface area contributed by atoms with E-state index >= 15 is 0 Å². The van der Waals surface area contributed by atoms with Gasteiger partial charge in [-0.25, -0.2) is 33.1 Å². The van der Waals surface area contributed by atoms with E-state index in [-0.39, 0.29) is 6.42 Å². The lowest BCUT2D eigenvalue weighted by Crippen LogP contribution is -2.53. The number of aromatic nitrogens is 3. The molecule has 160 valence electrons. The zero-order valence-electron chi connectivity index (χ0n) is 16.6. The van der Waals surface area contributed by atoms with Crippen molar-refractivity contribution >= 4 is 23.5 Å². The van der Waals surface area contributed by atoms with Crippen LogP contribution in [0.15, 0.2) is 64.2 Å². The van der Waals surface area contributed by atoms with Crippen molar-refractivity contribution in [1.82, 2.24) is 13.9 Å². The molecule has 0 saturated heterocycles. The summed E-state index contributed by atoms with van der Waals surface area (Å²) in [5, 5.41) is 0.473. The zero-order valence-corrected chi connectivity index (χ0v) is 17.4. The summed E-state index contributed by atoms with van der Waals surface area (Å²) < 4.78 is 12.6. The number of para-hydroxylation sites is 1. The molecule has 0 fully saturated rings. The van der Waals surface area contributed by atoms with Gasteiger partial charge in [0.2, 0.25) is 0 Å². The molecule has 31 heavy (non-hydrogen) atoms. The lowest BCUT2D eigenvalue weighted by Gasteiger charge is -2.23. The summed E-state index contributed by atoms with van der Waals surface area (Å²) >= 11 is 5.98. The minimum Gasteiger partial charge on any atom is -0.467 e. The maximum Gasteiger partial charge on any atom is 0.353 e. The SMILES string of the molecule is COC(=O)C1(C(=O)OC)CC(c2ccc(Cl)cc2)n2c(=O)n(-c3ccccc3)c(=O)n21. The first kappa shape index (κ1) is 20.7. The number of hydrogen-bond acceptors (Lipinski definition) is 6. The Morgan fingerprint density at radius 3 is 2.06 bits per heavy atom. The fraction of sp³-hybridized carbons (Fsp3) is 0.238. The van der Waals surface area contributed by atoms with Gasteiger partial charge < -0.3 is 9.47 Å². The summed E-state index contributed by atoms with van der Waals surface area (Å²) in [5.41, 5.74) is -2.84. The molecule has 2 heterocycles. The van der Waals surface area contributed by atoms with Crippen LogP contribution in [0.4, 0.5) is 0 Å². The summed E-state index contributed by atoms with van der Waals surface area (Å²) in [7, 11) is 2.20. The first-order valence-corrected chi connectivity index (χ1v) is 9.69.